The van der Waals surface area contributed by atoms with E-state index in [-0.39, 0.29) is 29.1 Å². The fourth-order valence-corrected chi connectivity index (χ4v) is 5.78. The van der Waals surface area contributed by atoms with Crippen LogP contribution in [0.4, 0.5) is 0 Å². The molecule has 3 N–H and O–H groups in total. The SMILES string of the molecule is COCc1ccccc1CC[C@H](O)/C=C/[C@@H]1[C@H](O)CC(=O)[C@@H]1SCCCSCC(=O)O. The standard InChI is InChI=1S/C23H32O6S2/c1-29-14-17-6-3-2-5-16(17)7-8-18(24)9-10-19-20(25)13-21(26)23(19)31-12-4-11-30-15-22(27)28/h2-3,5-6,9-10,18-20,23-25H,4,7-8,11-15H2,1H3,(H,27,28)/b10-9+/t18-,19+,20+,23+/m0/s1. The number of carbonyl (C=O) groups is 2. The lowest BCUT2D eigenvalue weighted by molar-refractivity contribution is -0.133. The van der Waals surface area contributed by atoms with E-state index in [1.165, 1.54) is 23.5 Å². The number of ether oxygens (including phenoxy) is 1. The van der Waals surface area contributed by atoms with Crippen LogP contribution in [0.3, 0.4) is 0 Å². The van der Waals surface area contributed by atoms with E-state index in [2.05, 4.69) is 0 Å². The summed E-state index contributed by atoms with van der Waals surface area (Å²) in [5.74, 6) is 0.460. The Morgan fingerprint density at radius 1 is 1.29 bits per heavy atom. The number of aliphatic hydroxyl groups is 2. The fraction of sp³-hybridized carbons (Fsp3) is 0.565. The second kappa shape index (κ2) is 14.0. The molecule has 1 aromatic rings. The molecule has 0 bridgehead atoms. The molecule has 1 aromatic carbocycles. The van der Waals surface area contributed by atoms with Gasteiger partial charge in [-0.25, -0.2) is 0 Å². The van der Waals surface area contributed by atoms with E-state index in [4.69, 9.17) is 9.84 Å². The summed E-state index contributed by atoms with van der Waals surface area (Å²) in [5.41, 5.74) is 2.25. The van der Waals surface area contributed by atoms with E-state index < -0.39 is 18.2 Å². The van der Waals surface area contributed by atoms with Crippen LogP contribution in [0, 0.1) is 5.92 Å². The first kappa shape index (κ1) is 25.9. The van der Waals surface area contributed by atoms with Crippen LogP contribution in [0.1, 0.15) is 30.4 Å². The molecular formula is C23H32O6S2. The number of hydrogen-bond acceptors (Lipinski definition) is 7. The molecule has 0 spiro atoms. The Bertz CT molecular complexity index is 739. The van der Waals surface area contributed by atoms with Crippen molar-refractivity contribution >= 4 is 35.3 Å². The summed E-state index contributed by atoms with van der Waals surface area (Å²) in [5, 5.41) is 29.0. The normalized spacial score (nSPS) is 22.3. The number of Topliss-reactive ketones (excluding diaryl/α,β-unsaturated/α-hetero) is 1. The number of aliphatic hydroxyl groups excluding tert-OH is 2. The zero-order valence-corrected chi connectivity index (χ0v) is 19.4. The number of aliphatic carboxylic acids is 1. The van der Waals surface area contributed by atoms with Crippen LogP contribution in [0.5, 0.6) is 0 Å². The molecule has 1 aliphatic rings. The number of carboxylic acids is 1. The molecule has 4 atom stereocenters. The highest BCUT2D eigenvalue weighted by molar-refractivity contribution is 8.01. The van der Waals surface area contributed by atoms with E-state index in [1.54, 1.807) is 19.3 Å². The van der Waals surface area contributed by atoms with Gasteiger partial charge in [-0.1, -0.05) is 36.4 Å². The minimum absolute atomic E-state index is 0.0355. The molecular weight excluding hydrogens is 436 g/mol. The minimum atomic E-state index is -0.822. The molecule has 0 aromatic heterocycles. The molecule has 0 unspecified atom stereocenters. The van der Waals surface area contributed by atoms with Crippen LogP contribution in [-0.2, 0) is 27.4 Å². The maximum Gasteiger partial charge on any atom is 0.313 e. The molecule has 31 heavy (non-hydrogen) atoms. The van der Waals surface area contributed by atoms with E-state index in [0.717, 1.165) is 29.1 Å². The number of carboxylic acid groups (broad SMARTS) is 1. The van der Waals surface area contributed by atoms with Crippen LogP contribution in [0.25, 0.3) is 0 Å². The van der Waals surface area contributed by atoms with Crippen molar-refractivity contribution < 1.29 is 29.6 Å². The smallest absolute Gasteiger partial charge is 0.313 e. The lowest BCUT2D eigenvalue weighted by Gasteiger charge is -2.18. The zero-order valence-electron chi connectivity index (χ0n) is 17.8. The number of thioether (sulfide) groups is 2. The van der Waals surface area contributed by atoms with Crippen LogP contribution < -0.4 is 0 Å². The second-order valence-electron chi connectivity index (χ2n) is 7.60. The van der Waals surface area contributed by atoms with Gasteiger partial charge in [0.25, 0.3) is 0 Å². The van der Waals surface area contributed by atoms with E-state index in [0.29, 0.717) is 19.4 Å². The molecule has 0 saturated heterocycles. The molecule has 0 heterocycles. The second-order valence-corrected chi connectivity index (χ2v) is 9.95. The zero-order chi connectivity index (χ0) is 22.6. The van der Waals surface area contributed by atoms with E-state index in [1.807, 2.05) is 24.3 Å². The number of methoxy groups -OCH3 is 1. The Balaban J connectivity index is 1.82. The average molecular weight is 469 g/mol. The molecule has 172 valence electrons. The number of ketones is 1. The van der Waals surface area contributed by atoms with Crippen molar-refractivity contribution in [2.24, 2.45) is 5.92 Å². The maximum atomic E-state index is 12.3. The monoisotopic (exact) mass is 468 g/mol. The van der Waals surface area contributed by atoms with Crippen molar-refractivity contribution in [1.29, 1.82) is 0 Å². The average Bonchev–Trinajstić information content (AvgIpc) is 3.00. The van der Waals surface area contributed by atoms with Gasteiger partial charge in [0.15, 0.2) is 0 Å². The third kappa shape index (κ3) is 8.98. The van der Waals surface area contributed by atoms with Crippen LogP contribution >= 0.6 is 23.5 Å². The molecule has 6 nitrogen and oxygen atoms in total. The van der Waals surface area contributed by atoms with Gasteiger partial charge < -0.3 is 20.1 Å². The third-order valence-electron chi connectivity index (χ3n) is 5.16. The quantitative estimate of drug-likeness (QED) is 0.283. The number of rotatable bonds is 14. The molecule has 8 heteroatoms. The van der Waals surface area contributed by atoms with Crippen LogP contribution in [0.2, 0.25) is 0 Å². The van der Waals surface area contributed by atoms with Crippen molar-refractivity contribution in [3.05, 3.63) is 47.5 Å². The third-order valence-corrected chi connectivity index (χ3v) is 7.65. The highest BCUT2D eigenvalue weighted by Gasteiger charge is 2.40. The van der Waals surface area contributed by atoms with Gasteiger partial charge in [0, 0.05) is 19.4 Å². The Morgan fingerprint density at radius 3 is 2.74 bits per heavy atom. The molecule has 1 saturated carbocycles. The van der Waals surface area contributed by atoms with Gasteiger partial charge in [-0.15, -0.1) is 11.8 Å². The minimum Gasteiger partial charge on any atom is -0.481 e. The summed E-state index contributed by atoms with van der Waals surface area (Å²) >= 11 is 2.88. The molecule has 0 radical (unpaired) electrons. The number of aryl methyl sites for hydroxylation is 1. The van der Waals surface area contributed by atoms with Crippen molar-refractivity contribution in [3.63, 3.8) is 0 Å². The molecule has 1 aliphatic carbocycles. The Morgan fingerprint density at radius 2 is 2.03 bits per heavy atom. The van der Waals surface area contributed by atoms with E-state index >= 15 is 0 Å². The lowest BCUT2D eigenvalue weighted by atomic mass is 9.99. The lowest BCUT2D eigenvalue weighted by Crippen LogP contribution is -2.22. The van der Waals surface area contributed by atoms with Crippen LogP contribution in [-0.4, -0.2) is 68.9 Å². The van der Waals surface area contributed by atoms with Crippen molar-refractivity contribution in [1.82, 2.24) is 0 Å². The van der Waals surface area contributed by atoms with Crippen molar-refractivity contribution in [2.45, 2.75) is 49.7 Å². The summed E-state index contributed by atoms with van der Waals surface area (Å²) < 4.78 is 5.22. The largest absolute Gasteiger partial charge is 0.481 e. The maximum absolute atomic E-state index is 12.3. The predicted molar refractivity (Wildman–Crippen MR) is 126 cm³/mol. The van der Waals surface area contributed by atoms with Gasteiger partial charge in [0.05, 0.1) is 29.8 Å². The van der Waals surface area contributed by atoms with Gasteiger partial charge in [0.1, 0.15) is 5.78 Å². The Labute approximate surface area is 192 Å². The van der Waals surface area contributed by atoms with Crippen molar-refractivity contribution in [2.75, 3.05) is 24.4 Å². The van der Waals surface area contributed by atoms with Gasteiger partial charge in [0.2, 0.25) is 0 Å². The Hall–Kier alpha value is -1.32. The summed E-state index contributed by atoms with van der Waals surface area (Å²) in [6.45, 7) is 0.534. The molecule has 0 amide bonds. The number of hydrogen-bond donors (Lipinski definition) is 3. The summed E-state index contributed by atoms with van der Waals surface area (Å²) in [4.78, 5) is 22.8. The highest BCUT2D eigenvalue weighted by Crippen LogP contribution is 2.34. The predicted octanol–water partition coefficient (Wildman–Crippen LogP) is 2.94. The first-order chi connectivity index (χ1) is 14.9. The highest BCUT2D eigenvalue weighted by atomic mass is 32.2. The Kier molecular flexibility index (Phi) is 11.7. The molecule has 0 aliphatic heterocycles. The number of benzene rings is 1. The fourth-order valence-electron chi connectivity index (χ4n) is 3.59. The van der Waals surface area contributed by atoms with Gasteiger partial charge in [-0.05, 0) is 41.9 Å². The van der Waals surface area contributed by atoms with Gasteiger partial charge in [-0.2, -0.15) is 11.8 Å². The summed E-state index contributed by atoms with van der Waals surface area (Å²) in [6.07, 6.45) is 4.31. The summed E-state index contributed by atoms with van der Waals surface area (Å²) in [7, 11) is 1.66. The first-order valence-corrected chi connectivity index (χ1v) is 12.7. The number of carbonyl (C=O) groups excluding carboxylic acids is 1. The molecule has 1 fully saturated rings. The first-order valence-electron chi connectivity index (χ1n) is 10.5. The molecule has 2 rings (SSSR count). The summed E-state index contributed by atoms with van der Waals surface area (Å²) in [6, 6.07) is 7.99. The van der Waals surface area contributed by atoms with Gasteiger partial charge in [-0.3, -0.25) is 9.59 Å². The van der Waals surface area contributed by atoms with Crippen molar-refractivity contribution in [3.8, 4) is 0 Å². The van der Waals surface area contributed by atoms with Gasteiger partial charge >= 0.3 is 5.97 Å². The van der Waals surface area contributed by atoms with E-state index in [9.17, 15) is 19.8 Å². The topological polar surface area (TPSA) is 104 Å². The van der Waals surface area contributed by atoms with Crippen LogP contribution in [0.15, 0.2) is 36.4 Å².